The second-order valence-corrected chi connectivity index (χ2v) is 9.99. The maximum absolute atomic E-state index is 13.0. The molecule has 1 aromatic carbocycles. The molecule has 1 heterocycles. The number of nitrogens with zero attached hydrogens (tertiary/aromatic N) is 1. The first-order valence-electron chi connectivity index (χ1n) is 10.2. The van der Waals surface area contributed by atoms with Crippen LogP contribution in [0.3, 0.4) is 0 Å². The lowest BCUT2D eigenvalue weighted by molar-refractivity contribution is -0.126. The Morgan fingerprint density at radius 2 is 2.14 bits per heavy atom. The van der Waals surface area contributed by atoms with Crippen LogP contribution < -0.4 is 10.1 Å². The van der Waals surface area contributed by atoms with Gasteiger partial charge in [0.1, 0.15) is 5.75 Å². The number of sulfonamides is 1. The lowest BCUT2D eigenvalue weighted by Gasteiger charge is -2.31. The van der Waals surface area contributed by atoms with Crippen molar-refractivity contribution in [2.45, 2.75) is 49.8 Å². The van der Waals surface area contributed by atoms with Crippen LogP contribution in [0.5, 0.6) is 5.75 Å². The van der Waals surface area contributed by atoms with E-state index in [9.17, 15) is 13.2 Å². The van der Waals surface area contributed by atoms with E-state index in [0.29, 0.717) is 31.7 Å². The number of benzene rings is 1. The van der Waals surface area contributed by atoms with E-state index < -0.39 is 10.0 Å². The van der Waals surface area contributed by atoms with Crippen LogP contribution in [-0.4, -0.2) is 45.4 Å². The standard InChI is InChI=1S/C21H29ClN2O4S/c1-28-20-10-9-18(14-19(20)22)29(26,27)24-13-5-8-17(15-24)21(25)23-12-11-16-6-3-2-4-7-16/h6,9-10,14,17H,2-5,7-8,11-13,15H2,1H3,(H,23,25). The van der Waals surface area contributed by atoms with Gasteiger partial charge >= 0.3 is 0 Å². The predicted octanol–water partition coefficient (Wildman–Crippen LogP) is 3.76. The van der Waals surface area contributed by atoms with E-state index in [1.54, 1.807) is 6.07 Å². The number of ether oxygens (including phenoxy) is 1. The first-order valence-corrected chi connectivity index (χ1v) is 12.0. The summed E-state index contributed by atoms with van der Waals surface area (Å²) in [6.45, 7) is 1.21. The lowest BCUT2D eigenvalue weighted by atomic mass is 9.96. The largest absolute Gasteiger partial charge is 0.495 e. The van der Waals surface area contributed by atoms with Crippen molar-refractivity contribution in [3.05, 3.63) is 34.9 Å². The topological polar surface area (TPSA) is 75.7 Å². The first kappa shape index (κ1) is 22.1. The van der Waals surface area contributed by atoms with E-state index >= 15 is 0 Å². The summed E-state index contributed by atoms with van der Waals surface area (Å²) in [6.07, 6.45) is 9.25. The van der Waals surface area contributed by atoms with Gasteiger partial charge in [-0.1, -0.05) is 23.3 Å². The fraction of sp³-hybridized carbons (Fsp3) is 0.571. The van der Waals surface area contributed by atoms with Crippen molar-refractivity contribution >= 4 is 27.5 Å². The molecule has 0 spiro atoms. The maximum atomic E-state index is 13.0. The Hall–Kier alpha value is -1.57. The third kappa shape index (κ3) is 5.53. The van der Waals surface area contributed by atoms with Gasteiger partial charge in [-0.2, -0.15) is 4.31 Å². The van der Waals surface area contributed by atoms with Crippen molar-refractivity contribution in [1.82, 2.24) is 9.62 Å². The van der Waals surface area contributed by atoms with Gasteiger partial charge in [-0.25, -0.2) is 8.42 Å². The Morgan fingerprint density at radius 1 is 1.31 bits per heavy atom. The highest BCUT2D eigenvalue weighted by Gasteiger charge is 2.33. The van der Waals surface area contributed by atoms with Crippen molar-refractivity contribution in [3.63, 3.8) is 0 Å². The molecule has 29 heavy (non-hydrogen) atoms. The van der Waals surface area contributed by atoms with Gasteiger partial charge in [0.15, 0.2) is 0 Å². The van der Waals surface area contributed by atoms with E-state index in [4.69, 9.17) is 16.3 Å². The van der Waals surface area contributed by atoms with E-state index in [0.717, 1.165) is 19.3 Å². The van der Waals surface area contributed by atoms with Gasteiger partial charge in [-0.05, 0) is 63.1 Å². The molecular weight excluding hydrogens is 412 g/mol. The second kappa shape index (κ2) is 9.96. The SMILES string of the molecule is COc1ccc(S(=O)(=O)N2CCCC(C(=O)NCCC3=CCCCC3)C2)cc1Cl. The number of hydrogen-bond acceptors (Lipinski definition) is 4. The number of rotatable bonds is 7. The molecule has 1 aliphatic carbocycles. The third-order valence-corrected chi connectivity index (χ3v) is 7.80. The number of halogens is 1. The summed E-state index contributed by atoms with van der Waals surface area (Å²) >= 11 is 6.10. The molecule has 1 fully saturated rings. The summed E-state index contributed by atoms with van der Waals surface area (Å²) in [5.41, 5.74) is 1.42. The smallest absolute Gasteiger partial charge is 0.243 e. The van der Waals surface area contributed by atoms with Gasteiger partial charge in [0.25, 0.3) is 0 Å². The van der Waals surface area contributed by atoms with Crippen molar-refractivity contribution in [3.8, 4) is 5.75 Å². The number of carbonyl (C=O) groups is 1. The molecule has 2 aliphatic rings. The molecule has 1 unspecified atom stereocenters. The zero-order valence-electron chi connectivity index (χ0n) is 16.8. The molecule has 8 heteroatoms. The van der Waals surface area contributed by atoms with Crippen LogP contribution in [0.1, 0.15) is 44.9 Å². The predicted molar refractivity (Wildman–Crippen MR) is 114 cm³/mol. The van der Waals surface area contributed by atoms with Crippen LogP contribution in [0.4, 0.5) is 0 Å². The average molecular weight is 441 g/mol. The summed E-state index contributed by atoms with van der Waals surface area (Å²) in [7, 11) is -2.23. The van der Waals surface area contributed by atoms with Gasteiger partial charge in [-0.15, -0.1) is 0 Å². The van der Waals surface area contributed by atoms with Crippen molar-refractivity contribution in [2.24, 2.45) is 5.92 Å². The van der Waals surface area contributed by atoms with Crippen molar-refractivity contribution in [1.29, 1.82) is 0 Å². The summed E-state index contributed by atoms with van der Waals surface area (Å²) in [5.74, 6) is 0.0382. The van der Waals surface area contributed by atoms with Crippen LogP contribution in [0.15, 0.2) is 34.7 Å². The molecule has 0 saturated carbocycles. The van der Waals surface area contributed by atoms with Gasteiger partial charge in [-0.3, -0.25) is 4.79 Å². The highest BCUT2D eigenvalue weighted by molar-refractivity contribution is 7.89. The number of amides is 1. The Morgan fingerprint density at radius 3 is 2.83 bits per heavy atom. The summed E-state index contributed by atoms with van der Waals surface area (Å²) in [5, 5.41) is 3.24. The fourth-order valence-corrected chi connectivity index (χ4v) is 5.83. The molecule has 160 valence electrons. The molecule has 1 amide bonds. The molecule has 0 aromatic heterocycles. The summed E-state index contributed by atoms with van der Waals surface area (Å²) < 4.78 is 32.5. The van der Waals surface area contributed by atoms with Crippen molar-refractivity contribution in [2.75, 3.05) is 26.7 Å². The van der Waals surface area contributed by atoms with Gasteiger partial charge in [0.2, 0.25) is 15.9 Å². The van der Waals surface area contributed by atoms with Crippen LogP contribution >= 0.6 is 11.6 Å². The number of nitrogens with one attached hydrogen (secondary N) is 1. The summed E-state index contributed by atoms with van der Waals surface area (Å²) in [6, 6.07) is 4.43. The van der Waals surface area contributed by atoms with Crippen LogP contribution in [0.2, 0.25) is 5.02 Å². The normalized spacial score (nSPS) is 20.8. The molecular formula is C21H29ClN2O4S. The van der Waals surface area contributed by atoms with E-state index in [2.05, 4.69) is 11.4 Å². The molecule has 1 atom stereocenters. The lowest BCUT2D eigenvalue weighted by Crippen LogP contribution is -2.45. The number of hydrogen-bond donors (Lipinski definition) is 1. The van der Waals surface area contributed by atoms with E-state index in [1.807, 2.05) is 0 Å². The van der Waals surface area contributed by atoms with Gasteiger partial charge in [0.05, 0.1) is 22.9 Å². The number of piperidine rings is 1. The zero-order valence-corrected chi connectivity index (χ0v) is 18.4. The maximum Gasteiger partial charge on any atom is 0.243 e. The monoisotopic (exact) mass is 440 g/mol. The minimum absolute atomic E-state index is 0.0610. The highest BCUT2D eigenvalue weighted by atomic mass is 35.5. The van der Waals surface area contributed by atoms with Crippen molar-refractivity contribution < 1.29 is 17.9 Å². The second-order valence-electron chi connectivity index (χ2n) is 7.65. The minimum atomic E-state index is -3.71. The average Bonchev–Trinajstić information content (AvgIpc) is 2.74. The number of carbonyl (C=O) groups excluding carboxylic acids is 1. The number of allylic oxidation sites excluding steroid dienone is 1. The zero-order chi connectivity index (χ0) is 20.9. The summed E-state index contributed by atoms with van der Waals surface area (Å²) in [4.78, 5) is 12.7. The van der Waals surface area contributed by atoms with Crippen LogP contribution in [0, 0.1) is 5.92 Å². The molecule has 0 bridgehead atoms. The van der Waals surface area contributed by atoms with Crippen LogP contribution in [0.25, 0.3) is 0 Å². The molecule has 0 radical (unpaired) electrons. The Bertz CT molecular complexity index is 869. The molecule has 1 saturated heterocycles. The Labute approximate surface area is 178 Å². The first-order chi connectivity index (χ1) is 13.9. The molecule has 1 aliphatic heterocycles. The fourth-order valence-electron chi connectivity index (χ4n) is 3.95. The molecule has 3 rings (SSSR count). The Balaban J connectivity index is 1.59. The van der Waals surface area contributed by atoms with E-state index in [-0.39, 0.29) is 28.3 Å². The minimum Gasteiger partial charge on any atom is -0.495 e. The molecule has 6 nitrogen and oxygen atoms in total. The Kier molecular flexibility index (Phi) is 7.60. The highest BCUT2D eigenvalue weighted by Crippen LogP contribution is 2.30. The number of methoxy groups -OCH3 is 1. The van der Waals surface area contributed by atoms with Crippen LogP contribution in [-0.2, 0) is 14.8 Å². The third-order valence-electron chi connectivity index (χ3n) is 5.65. The van der Waals surface area contributed by atoms with Gasteiger partial charge < -0.3 is 10.1 Å². The van der Waals surface area contributed by atoms with Gasteiger partial charge in [0, 0.05) is 19.6 Å². The quantitative estimate of drug-likeness (QED) is 0.655. The molecule has 1 N–H and O–H groups in total. The van der Waals surface area contributed by atoms with E-state index in [1.165, 1.54) is 42.0 Å². The molecule has 1 aromatic rings.